The highest BCUT2D eigenvalue weighted by molar-refractivity contribution is 5.25. The fraction of sp³-hybridized carbons (Fsp3) is 0.636. The molecule has 2 N–H and O–H groups in total. The summed E-state index contributed by atoms with van der Waals surface area (Å²) in [6.45, 7) is 5.85. The molecule has 1 fully saturated rings. The molecule has 0 spiro atoms. The van der Waals surface area contributed by atoms with Crippen LogP contribution in [0.4, 0.5) is 0 Å². The van der Waals surface area contributed by atoms with Crippen LogP contribution in [0.1, 0.15) is 13.3 Å². The molecule has 0 bridgehead atoms. The number of hydrogen-bond donors (Lipinski definition) is 2. The van der Waals surface area contributed by atoms with E-state index in [-0.39, 0.29) is 0 Å². The molecule has 1 saturated heterocycles. The van der Waals surface area contributed by atoms with Crippen molar-refractivity contribution in [1.82, 2.24) is 10.2 Å². The SMILES string of the molecule is CC1=CCC(O)(N2CCNCC2)C=C1. The number of piperazine rings is 1. The summed E-state index contributed by atoms with van der Waals surface area (Å²) in [5.41, 5.74) is 0.506. The molecule has 78 valence electrons. The average Bonchev–Trinajstić information content (AvgIpc) is 2.24. The zero-order valence-corrected chi connectivity index (χ0v) is 8.66. The fourth-order valence-corrected chi connectivity index (χ4v) is 2.00. The highest BCUT2D eigenvalue weighted by atomic mass is 16.3. The Hall–Kier alpha value is -0.640. The van der Waals surface area contributed by atoms with E-state index in [0.717, 1.165) is 32.6 Å². The van der Waals surface area contributed by atoms with E-state index in [1.54, 1.807) is 0 Å². The Kier molecular flexibility index (Phi) is 2.72. The van der Waals surface area contributed by atoms with Crippen LogP contribution in [0.25, 0.3) is 0 Å². The molecule has 3 heteroatoms. The van der Waals surface area contributed by atoms with Crippen molar-refractivity contribution in [3.05, 3.63) is 23.8 Å². The minimum Gasteiger partial charge on any atom is -0.372 e. The Labute approximate surface area is 85.1 Å². The van der Waals surface area contributed by atoms with E-state index in [1.807, 2.05) is 12.2 Å². The minimum atomic E-state index is -0.735. The lowest BCUT2D eigenvalue weighted by atomic mass is 9.98. The summed E-state index contributed by atoms with van der Waals surface area (Å²) in [4.78, 5) is 2.14. The molecule has 1 unspecified atom stereocenters. The lowest BCUT2D eigenvalue weighted by molar-refractivity contribution is -0.0717. The molecule has 1 heterocycles. The van der Waals surface area contributed by atoms with Gasteiger partial charge >= 0.3 is 0 Å². The van der Waals surface area contributed by atoms with Crippen molar-refractivity contribution in [2.75, 3.05) is 26.2 Å². The van der Waals surface area contributed by atoms with Crippen LogP contribution >= 0.6 is 0 Å². The number of rotatable bonds is 1. The molecule has 1 aliphatic carbocycles. The third-order valence-electron chi connectivity index (χ3n) is 3.00. The number of hydrogen-bond acceptors (Lipinski definition) is 3. The first kappa shape index (κ1) is 9.90. The van der Waals surface area contributed by atoms with E-state index in [2.05, 4.69) is 23.2 Å². The van der Waals surface area contributed by atoms with Gasteiger partial charge in [-0.2, -0.15) is 0 Å². The van der Waals surface area contributed by atoms with Gasteiger partial charge in [-0.05, 0) is 13.0 Å². The summed E-state index contributed by atoms with van der Waals surface area (Å²) in [5.74, 6) is 0. The molecule has 2 rings (SSSR count). The number of aliphatic hydroxyl groups is 1. The molecule has 14 heavy (non-hydrogen) atoms. The third-order valence-corrected chi connectivity index (χ3v) is 3.00. The molecule has 2 aliphatic rings. The maximum absolute atomic E-state index is 10.4. The fourth-order valence-electron chi connectivity index (χ4n) is 2.00. The largest absolute Gasteiger partial charge is 0.372 e. The quantitative estimate of drug-likeness (QED) is 0.637. The molecule has 0 aromatic heterocycles. The van der Waals surface area contributed by atoms with Gasteiger partial charge in [-0.1, -0.05) is 17.7 Å². The average molecular weight is 194 g/mol. The summed E-state index contributed by atoms with van der Waals surface area (Å²) in [6.07, 6.45) is 6.75. The molecule has 0 aromatic rings. The predicted octanol–water partition coefficient (Wildman–Crippen LogP) is 0.486. The van der Waals surface area contributed by atoms with Crippen LogP contribution in [0.5, 0.6) is 0 Å². The number of nitrogens with one attached hydrogen (secondary N) is 1. The molecule has 0 amide bonds. The molecule has 1 aliphatic heterocycles. The maximum Gasteiger partial charge on any atom is 0.141 e. The molecule has 0 saturated carbocycles. The first-order valence-electron chi connectivity index (χ1n) is 5.25. The van der Waals surface area contributed by atoms with Crippen molar-refractivity contribution in [3.63, 3.8) is 0 Å². The van der Waals surface area contributed by atoms with E-state index in [4.69, 9.17) is 0 Å². The van der Waals surface area contributed by atoms with E-state index < -0.39 is 5.72 Å². The first-order valence-corrected chi connectivity index (χ1v) is 5.25. The third kappa shape index (κ3) is 1.90. The van der Waals surface area contributed by atoms with Crippen molar-refractivity contribution in [1.29, 1.82) is 0 Å². The summed E-state index contributed by atoms with van der Waals surface area (Å²) < 4.78 is 0. The van der Waals surface area contributed by atoms with Crippen LogP contribution in [0.2, 0.25) is 0 Å². The first-order chi connectivity index (χ1) is 6.71. The van der Waals surface area contributed by atoms with Gasteiger partial charge < -0.3 is 10.4 Å². The molecular weight excluding hydrogens is 176 g/mol. The Morgan fingerprint density at radius 2 is 2.14 bits per heavy atom. The topological polar surface area (TPSA) is 35.5 Å². The van der Waals surface area contributed by atoms with E-state index in [0.29, 0.717) is 0 Å². The van der Waals surface area contributed by atoms with Crippen molar-refractivity contribution < 1.29 is 5.11 Å². The Bertz CT molecular complexity index is 266. The molecule has 1 atom stereocenters. The second kappa shape index (κ2) is 3.85. The zero-order valence-electron chi connectivity index (χ0n) is 8.66. The second-order valence-corrected chi connectivity index (χ2v) is 4.10. The van der Waals surface area contributed by atoms with Crippen molar-refractivity contribution in [2.24, 2.45) is 0 Å². The highest BCUT2D eigenvalue weighted by Gasteiger charge is 2.32. The molecule has 0 radical (unpaired) electrons. The Balaban J connectivity index is 2.05. The smallest absolute Gasteiger partial charge is 0.141 e. The standard InChI is InChI=1S/C11H18N2O/c1-10-2-4-11(14,5-3-10)13-8-6-12-7-9-13/h2-4,12,14H,5-9H2,1H3. The van der Waals surface area contributed by atoms with Gasteiger partial charge in [0, 0.05) is 32.6 Å². The lowest BCUT2D eigenvalue weighted by Gasteiger charge is -2.40. The second-order valence-electron chi connectivity index (χ2n) is 4.10. The molecule has 0 aromatic carbocycles. The van der Waals surface area contributed by atoms with E-state index in [1.165, 1.54) is 5.57 Å². The van der Waals surface area contributed by atoms with Gasteiger partial charge in [0.1, 0.15) is 5.72 Å². The van der Waals surface area contributed by atoms with Gasteiger partial charge in [-0.3, -0.25) is 4.90 Å². The van der Waals surface area contributed by atoms with Crippen LogP contribution in [0, 0.1) is 0 Å². The van der Waals surface area contributed by atoms with Crippen LogP contribution in [0.3, 0.4) is 0 Å². The van der Waals surface area contributed by atoms with Crippen LogP contribution in [-0.4, -0.2) is 41.9 Å². The highest BCUT2D eigenvalue weighted by Crippen LogP contribution is 2.24. The lowest BCUT2D eigenvalue weighted by Crippen LogP contribution is -2.55. The summed E-state index contributed by atoms with van der Waals surface area (Å²) in [7, 11) is 0. The van der Waals surface area contributed by atoms with Crippen LogP contribution < -0.4 is 5.32 Å². The van der Waals surface area contributed by atoms with Gasteiger partial charge in [0.25, 0.3) is 0 Å². The van der Waals surface area contributed by atoms with Gasteiger partial charge in [-0.15, -0.1) is 0 Å². The normalized spacial score (nSPS) is 34.3. The van der Waals surface area contributed by atoms with Crippen LogP contribution in [-0.2, 0) is 0 Å². The van der Waals surface area contributed by atoms with Gasteiger partial charge in [0.15, 0.2) is 0 Å². The van der Waals surface area contributed by atoms with Crippen molar-refractivity contribution in [3.8, 4) is 0 Å². The van der Waals surface area contributed by atoms with Crippen LogP contribution in [0.15, 0.2) is 23.8 Å². The molecular formula is C11H18N2O. The van der Waals surface area contributed by atoms with Crippen molar-refractivity contribution in [2.45, 2.75) is 19.1 Å². The van der Waals surface area contributed by atoms with Gasteiger partial charge in [0.05, 0.1) is 0 Å². The Morgan fingerprint density at radius 1 is 1.43 bits per heavy atom. The van der Waals surface area contributed by atoms with E-state index >= 15 is 0 Å². The summed E-state index contributed by atoms with van der Waals surface area (Å²) >= 11 is 0. The number of allylic oxidation sites excluding steroid dienone is 2. The summed E-state index contributed by atoms with van der Waals surface area (Å²) in [5, 5.41) is 13.7. The van der Waals surface area contributed by atoms with Gasteiger partial charge in [0.2, 0.25) is 0 Å². The zero-order chi connectivity index (χ0) is 10.0. The monoisotopic (exact) mass is 194 g/mol. The van der Waals surface area contributed by atoms with Crippen molar-refractivity contribution >= 4 is 0 Å². The minimum absolute atomic E-state index is 0.718. The number of nitrogens with zero attached hydrogens (tertiary/aromatic N) is 1. The maximum atomic E-state index is 10.4. The summed E-state index contributed by atoms with van der Waals surface area (Å²) in [6, 6.07) is 0. The molecule has 3 nitrogen and oxygen atoms in total. The Morgan fingerprint density at radius 3 is 2.71 bits per heavy atom. The van der Waals surface area contributed by atoms with E-state index in [9.17, 15) is 5.11 Å². The van der Waals surface area contributed by atoms with Gasteiger partial charge in [-0.25, -0.2) is 0 Å². The predicted molar refractivity (Wildman–Crippen MR) is 56.9 cm³/mol.